The Hall–Kier alpha value is -2.86. The van der Waals surface area contributed by atoms with Gasteiger partial charge in [0.15, 0.2) is 0 Å². The van der Waals surface area contributed by atoms with E-state index in [0.29, 0.717) is 17.7 Å². The Labute approximate surface area is 164 Å². The summed E-state index contributed by atoms with van der Waals surface area (Å²) in [6.45, 7) is 3.73. The Kier molecular flexibility index (Phi) is 5.99. The Morgan fingerprint density at radius 1 is 1.11 bits per heavy atom. The summed E-state index contributed by atoms with van der Waals surface area (Å²) in [5.74, 6) is -0.381. The van der Waals surface area contributed by atoms with Gasteiger partial charge in [0.25, 0.3) is 5.91 Å². The third-order valence-corrected chi connectivity index (χ3v) is 5.09. The van der Waals surface area contributed by atoms with E-state index in [4.69, 9.17) is 4.74 Å². The lowest BCUT2D eigenvalue weighted by Gasteiger charge is -2.26. The number of hydrogen-bond acceptors (Lipinski definition) is 4. The smallest absolute Gasteiger partial charge is 0.255 e. The van der Waals surface area contributed by atoms with Crippen LogP contribution < -0.4 is 15.4 Å². The standard InChI is InChI=1S/C22H26N2O4/c1-13(2)19(23-21(26)16-10-6-7-11-18(16)28-3)22(27)24-20-15-9-5-4-8-14(15)12-17(20)25/h4-11,13,17,19-20,25H,12H2,1-3H3,(H,23,26)(H,24,27). The Morgan fingerprint density at radius 2 is 1.79 bits per heavy atom. The minimum absolute atomic E-state index is 0.132. The number of carbonyl (C=O) groups is 2. The summed E-state index contributed by atoms with van der Waals surface area (Å²) in [7, 11) is 1.50. The molecular weight excluding hydrogens is 356 g/mol. The van der Waals surface area contributed by atoms with Crippen LogP contribution in [0.15, 0.2) is 48.5 Å². The van der Waals surface area contributed by atoms with Crippen molar-refractivity contribution in [3.63, 3.8) is 0 Å². The van der Waals surface area contributed by atoms with Gasteiger partial charge in [-0.3, -0.25) is 9.59 Å². The number of rotatable bonds is 6. The summed E-state index contributed by atoms with van der Waals surface area (Å²) >= 11 is 0. The van der Waals surface area contributed by atoms with E-state index >= 15 is 0 Å². The van der Waals surface area contributed by atoms with Crippen LogP contribution in [0.2, 0.25) is 0 Å². The Bertz CT molecular complexity index is 865. The molecule has 1 aliphatic rings. The van der Waals surface area contributed by atoms with Crippen molar-refractivity contribution in [1.82, 2.24) is 10.6 Å². The molecule has 3 rings (SSSR count). The monoisotopic (exact) mass is 382 g/mol. The first-order chi connectivity index (χ1) is 13.4. The third-order valence-electron chi connectivity index (χ3n) is 5.09. The highest BCUT2D eigenvalue weighted by Crippen LogP contribution is 2.31. The van der Waals surface area contributed by atoms with E-state index in [-0.39, 0.29) is 17.7 Å². The van der Waals surface area contributed by atoms with E-state index in [0.717, 1.165) is 11.1 Å². The average molecular weight is 382 g/mol. The molecule has 2 aromatic rings. The van der Waals surface area contributed by atoms with Gasteiger partial charge in [0.05, 0.1) is 24.8 Å². The van der Waals surface area contributed by atoms with Gasteiger partial charge in [-0.25, -0.2) is 0 Å². The first-order valence-electron chi connectivity index (χ1n) is 9.42. The molecule has 2 amide bonds. The summed E-state index contributed by atoms with van der Waals surface area (Å²) < 4.78 is 5.24. The fraction of sp³-hybridized carbons (Fsp3) is 0.364. The molecule has 1 aliphatic carbocycles. The third kappa shape index (κ3) is 4.02. The van der Waals surface area contributed by atoms with Crippen LogP contribution in [-0.2, 0) is 11.2 Å². The normalized spacial score (nSPS) is 19.0. The molecule has 0 aromatic heterocycles. The van der Waals surface area contributed by atoms with Crippen molar-refractivity contribution in [3.8, 4) is 5.75 Å². The minimum atomic E-state index is -0.739. The molecule has 0 fully saturated rings. The average Bonchev–Trinajstić information content (AvgIpc) is 3.00. The molecule has 2 aromatic carbocycles. The number of amides is 2. The maximum Gasteiger partial charge on any atom is 0.255 e. The van der Waals surface area contributed by atoms with Gasteiger partial charge in [0, 0.05) is 6.42 Å². The van der Waals surface area contributed by atoms with Crippen molar-refractivity contribution in [2.75, 3.05) is 7.11 Å². The van der Waals surface area contributed by atoms with Crippen molar-refractivity contribution in [1.29, 1.82) is 0 Å². The summed E-state index contributed by atoms with van der Waals surface area (Å²) in [4.78, 5) is 25.7. The van der Waals surface area contributed by atoms with Gasteiger partial charge >= 0.3 is 0 Å². The lowest BCUT2D eigenvalue weighted by molar-refractivity contribution is -0.125. The van der Waals surface area contributed by atoms with Gasteiger partial charge in [-0.2, -0.15) is 0 Å². The van der Waals surface area contributed by atoms with E-state index in [1.54, 1.807) is 24.3 Å². The second kappa shape index (κ2) is 8.44. The molecule has 3 N–H and O–H groups in total. The van der Waals surface area contributed by atoms with Crippen molar-refractivity contribution >= 4 is 11.8 Å². The molecule has 0 heterocycles. The molecule has 0 radical (unpaired) electrons. The van der Waals surface area contributed by atoms with Crippen molar-refractivity contribution in [3.05, 3.63) is 65.2 Å². The summed E-state index contributed by atoms with van der Waals surface area (Å²) in [5, 5.41) is 16.1. The van der Waals surface area contributed by atoms with Crippen molar-refractivity contribution in [2.24, 2.45) is 5.92 Å². The fourth-order valence-corrected chi connectivity index (χ4v) is 3.58. The van der Waals surface area contributed by atoms with Crippen LogP contribution in [0.4, 0.5) is 0 Å². The van der Waals surface area contributed by atoms with Crippen LogP contribution >= 0.6 is 0 Å². The van der Waals surface area contributed by atoms with Crippen LogP contribution in [0.1, 0.15) is 41.4 Å². The number of aliphatic hydroxyl groups is 1. The molecule has 0 aliphatic heterocycles. The topological polar surface area (TPSA) is 87.7 Å². The molecule has 28 heavy (non-hydrogen) atoms. The molecule has 3 atom stereocenters. The van der Waals surface area contributed by atoms with Crippen LogP contribution in [0, 0.1) is 5.92 Å². The SMILES string of the molecule is COc1ccccc1C(=O)NC(C(=O)NC1c2ccccc2CC1O)C(C)C. The van der Waals surface area contributed by atoms with Gasteiger partial charge in [-0.1, -0.05) is 50.2 Å². The fourth-order valence-electron chi connectivity index (χ4n) is 3.58. The first kappa shape index (κ1) is 19.9. The highest BCUT2D eigenvalue weighted by Gasteiger charge is 2.34. The van der Waals surface area contributed by atoms with E-state index < -0.39 is 18.2 Å². The number of aliphatic hydroxyl groups excluding tert-OH is 1. The molecule has 6 nitrogen and oxygen atoms in total. The first-order valence-corrected chi connectivity index (χ1v) is 9.42. The largest absolute Gasteiger partial charge is 0.496 e. The maximum atomic E-state index is 12.9. The predicted octanol–water partition coefficient (Wildman–Crippen LogP) is 2.22. The lowest BCUT2D eigenvalue weighted by atomic mass is 10.0. The van der Waals surface area contributed by atoms with Gasteiger partial charge < -0.3 is 20.5 Å². The van der Waals surface area contributed by atoms with Crippen LogP contribution in [0.5, 0.6) is 5.75 Å². The number of para-hydroxylation sites is 1. The molecular formula is C22H26N2O4. The molecule has 0 saturated carbocycles. The van der Waals surface area contributed by atoms with Gasteiger partial charge in [-0.15, -0.1) is 0 Å². The van der Waals surface area contributed by atoms with Crippen LogP contribution in [0.3, 0.4) is 0 Å². The maximum absolute atomic E-state index is 12.9. The summed E-state index contributed by atoms with van der Waals surface area (Å²) in [5.41, 5.74) is 2.32. The molecule has 6 heteroatoms. The second-order valence-electron chi connectivity index (χ2n) is 7.35. The number of methoxy groups -OCH3 is 1. The van der Waals surface area contributed by atoms with Gasteiger partial charge in [0.1, 0.15) is 11.8 Å². The highest BCUT2D eigenvalue weighted by atomic mass is 16.5. The summed E-state index contributed by atoms with van der Waals surface area (Å²) in [6, 6.07) is 13.3. The second-order valence-corrected chi connectivity index (χ2v) is 7.35. The predicted molar refractivity (Wildman–Crippen MR) is 106 cm³/mol. The number of benzene rings is 2. The van der Waals surface area contributed by atoms with Crippen molar-refractivity contribution < 1.29 is 19.4 Å². The zero-order valence-corrected chi connectivity index (χ0v) is 16.3. The number of nitrogens with one attached hydrogen (secondary N) is 2. The Balaban J connectivity index is 1.75. The zero-order chi connectivity index (χ0) is 20.3. The van der Waals surface area contributed by atoms with E-state index in [1.165, 1.54) is 7.11 Å². The van der Waals surface area contributed by atoms with Gasteiger partial charge in [-0.05, 0) is 29.2 Å². The molecule has 0 saturated heterocycles. The van der Waals surface area contributed by atoms with Gasteiger partial charge in [0.2, 0.25) is 5.91 Å². The molecule has 0 spiro atoms. The number of carbonyl (C=O) groups excluding carboxylic acids is 2. The lowest BCUT2D eigenvalue weighted by Crippen LogP contribution is -2.51. The molecule has 3 unspecified atom stereocenters. The van der Waals surface area contributed by atoms with Crippen LogP contribution in [0.25, 0.3) is 0 Å². The molecule has 148 valence electrons. The zero-order valence-electron chi connectivity index (χ0n) is 16.3. The Morgan fingerprint density at radius 3 is 2.50 bits per heavy atom. The number of ether oxygens (including phenoxy) is 1. The number of hydrogen-bond donors (Lipinski definition) is 3. The number of fused-ring (bicyclic) bond motifs is 1. The quantitative estimate of drug-likeness (QED) is 0.715. The highest BCUT2D eigenvalue weighted by molar-refractivity contribution is 5.99. The van der Waals surface area contributed by atoms with E-state index in [1.807, 2.05) is 38.1 Å². The van der Waals surface area contributed by atoms with Crippen LogP contribution in [-0.4, -0.2) is 36.2 Å². The van der Waals surface area contributed by atoms with E-state index in [2.05, 4.69) is 10.6 Å². The summed E-state index contributed by atoms with van der Waals surface area (Å²) in [6.07, 6.45) is -0.180. The van der Waals surface area contributed by atoms with E-state index in [9.17, 15) is 14.7 Å². The minimum Gasteiger partial charge on any atom is -0.496 e. The molecule has 0 bridgehead atoms. The van der Waals surface area contributed by atoms with Crippen molar-refractivity contribution in [2.45, 2.75) is 38.5 Å².